The van der Waals surface area contributed by atoms with Gasteiger partial charge in [0, 0.05) is 50.4 Å². The molecule has 1 N–H and O–H groups in total. The van der Waals surface area contributed by atoms with Crippen molar-refractivity contribution in [2.24, 2.45) is 0 Å². The Morgan fingerprint density at radius 1 is 0.968 bits per heavy atom. The average Bonchev–Trinajstić information content (AvgIpc) is 2.79. The molecule has 0 atom stereocenters. The number of rotatable bonds is 4. The fraction of sp³-hybridized carbons (Fsp3) is 0.500. The fourth-order valence-corrected chi connectivity index (χ4v) is 4.27. The first-order valence-corrected chi connectivity index (χ1v) is 11.2. The largest absolute Gasteiger partial charge is 0.495 e. The van der Waals surface area contributed by atoms with Crippen molar-refractivity contribution in [2.45, 2.75) is 26.2 Å². The third-order valence-corrected chi connectivity index (χ3v) is 6.02. The number of nitrogens with one attached hydrogen (secondary N) is 1. The highest BCUT2D eigenvalue weighted by molar-refractivity contribution is 6.31. The molecule has 2 fully saturated rings. The van der Waals surface area contributed by atoms with Crippen LogP contribution in [0.4, 0.5) is 22.1 Å². The summed E-state index contributed by atoms with van der Waals surface area (Å²) in [6.07, 6.45) is 3.71. The maximum absolute atomic E-state index is 12.8. The van der Waals surface area contributed by atoms with E-state index in [0.717, 1.165) is 43.6 Å². The molecule has 0 spiro atoms. The number of benzene rings is 1. The second kappa shape index (κ2) is 9.60. The highest BCUT2D eigenvalue weighted by Crippen LogP contribution is 2.28. The van der Waals surface area contributed by atoms with Crippen molar-refractivity contribution in [3.8, 4) is 5.75 Å². The van der Waals surface area contributed by atoms with Crippen LogP contribution in [0, 0.1) is 6.92 Å². The average molecular weight is 445 g/mol. The van der Waals surface area contributed by atoms with Crippen molar-refractivity contribution >= 4 is 35.0 Å². The summed E-state index contributed by atoms with van der Waals surface area (Å²) in [5.74, 6) is 3.31. The molecule has 1 aromatic heterocycles. The van der Waals surface area contributed by atoms with Crippen LogP contribution >= 0.6 is 11.6 Å². The molecule has 0 saturated carbocycles. The first-order chi connectivity index (χ1) is 15.0. The van der Waals surface area contributed by atoms with Gasteiger partial charge in [-0.25, -0.2) is 14.8 Å². The molecule has 0 radical (unpaired) electrons. The number of nitrogens with zero attached hydrogens (tertiary/aromatic N) is 5. The van der Waals surface area contributed by atoms with Gasteiger partial charge in [0.1, 0.15) is 23.2 Å². The number of methoxy groups -OCH3 is 1. The molecular formula is C22H29ClN6O2. The Bertz CT molecular complexity index is 926. The Hall–Kier alpha value is -2.74. The van der Waals surface area contributed by atoms with Gasteiger partial charge in [-0.15, -0.1) is 0 Å². The van der Waals surface area contributed by atoms with Crippen LogP contribution in [0.5, 0.6) is 5.75 Å². The van der Waals surface area contributed by atoms with Crippen LogP contribution < -0.4 is 19.9 Å². The maximum Gasteiger partial charge on any atom is 0.322 e. The van der Waals surface area contributed by atoms with Crippen LogP contribution in [0.2, 0.25) is 5.02 Å². The number of carbonyl (C=O) groups is 1. The number of hydrogen-bond acceptors (Lipinski definition) is 6. The summed E-state index contributed by atoms with van der Waals surface area (Å²) in [5.41, 5.74) is 0.569. The number of halogens is 1. The van der Waals surface area contributed by atoms with E-state index in [2.05, 4.69) is 31.2 Å². The number of piperidine rings is 1. The minimum atomic E-state index is -0.159. The molecule has 2 aliphatic rings. The monoisotopic (exact) mass is 444 g/mol. The van der Waals surface area contributed by atoms with E-state index in [0.29, 0.717) is 29.5 Å². The molecule has 166 valence electrons. The van der Waals surface area contributed by atoms with Crippen molar-refractivity contribution in [3.05, 3.63) is 35.1 Å². The van der Waals surface area contributed by atoms with Gasteiger partial charge in [0.2, 0.25) is 0 Å². The van der Waals surface area contributed by atoms with E-state index < -0.39 is 0 Å². The first-order valence-electron chi connectivity index (χ1n) is 10.8. The summed E-state index contributed by atoms with van der Waals surface area (Å²) >= 11 is 6.07. The number of carbonyl (C=O) groups excluding carboxylic acids is 1. The SMILES string of the molecule is COc1ccc(Cl)cc1NC(=O)N1CCN(c2cc(N3CCCCC3)nc(C)n2)CC1. The van der Waals surface area contributed by atoms with E-state index in [1.54, 1.807) is 30.2 Å². The number of ether oxygens (including phenoxy) is 1. The van der Waals surface area contributed by atoms with Crippen LogP contribution in [0.25, 0.3) is 0 Å². The number of hydrogen-bond donors (Lipinski definition) is 1. The Balaban J connectivity index is 1.39. The summed E-state index contributed by atoms with van der Waals surface area (Å²) in [6.45, 7) is 6.70. The van der Waals surface area contributed by atoms with Crippen LogP contribution in [-0.2, 0) is 0 Å². The number of anilines is 3. The summed E-state index contributed by atoms with van der Waals surface area (Å²) in [6, 6.07) is 7.10. The highest BCUT2D eigenvalue weighted by atomic mass is 35.5. The lowest BCUT2D eigenvalue weighted by Crippen LogP contribution is -2.50. The zero-order chi connectivity index (χ0) is 21.8. The molecule has 31 heavy (non-hydrogen) atoms. The smallest absolute Gasteiger partial charge is 0.322 e. The number of amides is 2. The van der Waals surface area contributed by atoms with Gasteiger partial charge in [-0.05, 0) is 44.4 Å². The van der Waals surface area contributed by atoms with Gasteiger partial charge >= 0.3 is 6.03 Å². The van der Waals surface area contributed by atoms with E-state index in [4.69, 9.17) is 16.3 Å². The number of aryl methyl sites for hydroxylation is 1. The molecule has 4 rings (SSSR count). The van der Waals surface area contributed by atoms with Crippen molar-refractivity contribution in [2.75, 3.05) is 61.5 Å². The predicted octanol–water partition coefficient (Wildman–Crippen LogP) is 3.79. The number of piperazine rings is 1. The summed E-state index contributed by atoms with van der Waals surface area (Å²) in [5, 5.41) is 3.46. The summed E-state index contributed by atoms with van der Waals surface area (Å²) in [7, 11) is 1.57. The molecule has 0 bridgehead atoms. The van der Waals surface area contributed by atoms with Crippen molar-refractivity contribution in [3.63, 3.8) is 0 Å². The van der Waals surface area contributed by atoms with Crippen LogP contribution in [0.15, 0.2) is 24.3 Å². The Morgan fingerprint density at radius 2 is 1.61 bits per heavy atom. The number of aromatic nitrogens is 2. The van der Waals surface area contributed by atoms with Gasteiger partial charge in [0.25, 0.3) is 0 Å². The van der Waals surface area contributed by atoms with E-state index in [1.807, 2.05) is 6.92 Å². The quantitative estimate of drug-likeness (QED) is 0.773. The molecule has 8 nitrogen and oxygen atoms in total. The third-order valence-electron chi connectivity index (χ3n) is 5.78. The van der Waals surface area contributed by atoms with E-state index in [9.17, 15) is 4.79 Å². The molecule has 0 unspecified atom stereocenters. The standard InChI is InChI=1S/C22H29ClN6O2/c1-16-24-20(27-8-4-3-5-9-27)15-21(25-16)28-10-12-29(13-11-28)22(30)26-18-14-17(23)6-7-19(18)31-2/h6-7,14-15H,3-5,8-13H2,1-2H3,(H,26,30). The van der Waals surface area contributed by atoms with Crippen molar-refractivity contribution in [1.29, 1.82) is 0 Å². The van der Waals surface area contributed by atoms with Crippen LogP contribution in [-0.4, -0.2) is 67.3 Å². The molecule has 2 aliphatic heterocycles. The predicted molar refractivity (Wildman–Crippen MR) is 124 cm³/mol. The lowest BCUT2D eigenvalue weighted by atomic mass is 10.1. The molecule has 1 aromatic carbocycles. The number of urea groups is 1. The molecule has 3 heterocycles. The van der Waals surface area contributed by atoms with Crippen molar-refractivity contribution in [1.82, 2.24) is 14.9 Å². The lowest BCUT2D eigenvalue weighted by Gasteiger charge is -2.36. The molecule has 2 aromatic rings. The van der Waals surface area contributed by atoms with Gasteiger partial charge in [-0.3, -0.25) is 0 Å². The Labute approximate surface area is 188 Å². The highest BCUT2D eigenvalue weighted by Gasteiger charge is 2.24. The normalized spacial score (nSPS) is 16.9. The van der Waals surface area contributed by atoms with Gasteiger partial charge in [-0.2, -0.15) is 0 Å². The topological polar surface area (TPSA) is 73.8 Å². The zero-order valence-corrected chi connectivity index (χ0v) is 18.9. The molecule has 2 amide bonds. The zero-order valence-electron chi connectivity index (χ0n) is 18.1. The van der Waals surface area contributed by atoms with Crippen LogP contribution in [0.3, 0.4) is 0 Å². The molecular weight excluding hydrogens is 416 g/mol. The van der Waals surface area contributed by atoms with Gasteiger partial charge in [0.15, 0.2) is 0 Å². The minimum absolute atomic E-state index is 0.159. The summed E-state index contributed by atoms with van der Waals surface area (Å²) in [4.78, 5) is 28.5. The second-order valence-corrected chi connectivity index (χ2v) is 8.36. The second-order valence-electron chi connectivity index (χ2n) is 7.93. The summed E-state index contributed by atoms with van der Waals surface area (Å²) < 4.78 is 5.32. The Kier molecular flexibility index (Phi) is 6.65. The van der Waals surface area contributed by atoms with E-state index in [-0.39, 0.29) is 6.03 Å². The van der Waals surface area contributed by atoms with E-state index in [1.165, 1.54) is 19.3 Å². The first kappa shape index (κ1) is 21.5. The molecule has 9 heteroatoms. The van der Waals surface area contributed by atoms with Gasteiger partial charge < -0.3 is 24.8 Å². The molecule has 0 aliphatic carbocycles. The van der Waals surface area contributed by atoms with Gasteiger partial charge in [-0.1, -0.05) is 11.6 Å². The van der Waals surface area contributed by atoms with E-state index >= 15 is 0 Å². The lowest BCUT2D eigenvalue weighted by molar-refractivity contribution is 0.208. The fourth-order valence-electron chi connectivity index (χ4n) is 4.09. The maximum atomic E-state index is 12.8. The third kappa shape index (κ3) is 5.12. The van der Waals surface area contributed by atoms with Crippen LogP contribution in [0.1, 0.15) is 25.1 Å². The minimum Gasteiger partial charge on any atom is -0.495 e. The molecule has 2 saturated heterocycles. The van der Waals surface area contributed by atoms with Gasteiger partial charge in [0.05, 0.1) is 12.8 Å². The Morgan fingerprint density at radius 3 is 2.26 bits per heavy atom. The van der Waals surface area contributed by atoms with Crippen molar-refractivity contribution < 1.29 is 9.53 Å².